The number of carbonyl (C=O) groups is 2. The monoisotopic (exact) mass is 450 g/mol. The molecule has 0 aliphatic rings. The lowest BCUT2D eigenvalue weighted by molar-refractivity contribution is 0.0952. The fourth-order valence-electron chi connectivity index (χ4n) is 2.98. The normalized spacial score (nSPS) is 10.6. The van der Waals surface area contributed by atoms with E-state index in [9.17, 15) is 9.59 Å². The van der Waals surface area contributed by atoms with Crippen LogP contribution in [-0.2, 0) is 6.42 Å². The second-order valence-electron chi connectivity index (χ2n) is 6.72. The van der Waals surface area contributed by atoms with Crippen LogP contribution in [0.25, 0.3) is 5.69 Å². The van der Waals surface area contributed by atoms with E-state index in [1.54, 1.807) is 35.0 Å². The summed E-state index contributed by atoms with van der Waals surface area (Å²) in [4.78, 5) is 25.4. The summed E-state index contributed by atoms with van der Waals surface area (Å²) in [6, 6.07) is 20.1. The Kier molecular flexibility index (Phi) is 6.45. The highest BCUT2D eigenvalue weighted by molar-refractivity contribution is 7.12. The van der Waals surface area contributed by atoms with Crippen molar-refractivity contribution in [1.82, 2.24) is 15.1 Å². The van der Waals surface area contributed by atoms with Gasteiger partial charge in [-0.2, -0.15) is 5.10 Å². The van der Waals surface area contributed by atoms with Crippen LogP contribution in [0.3, 0.4) is 0 Å². The molecule has 2 amide bonds. The highest BCUT2D eigenvalue weighted by Crippen LogP contribution is 2.24. The minimum absolute atomic E-state index is 0.245. The first kappa shape index (κ1) is 20.8. The SMILES string of the molecule is O=C(NCCc1ccn(-c2ccccc2)n1)c1ccc(Cl)c(NC(=O)c2cccs2)c1. The molecule has 0 spiro atoms. The number of thiophene rings is 1. The highest BCUT2D eigenvalue weighted by atomic mass is 35.5. The Balaban J connectivity index is 1.35. The van der Waals surface area contributed by atoms with Gasteiger partial charge in [0.15, 0.2) is 0 Å². The molecule has 0 aliphatic carbocycles. The summed E-state index contributed by atoms with van der Waals surface area (Å²) in [6.07, 6.45) is 2.50. The molecule has 0 radical (unpaired) electrons. The Labute approximate surface area is 188 Å². The van der Waals surface area contributed by atoms with Crippen LogP contribution in [0.15, 0.2) is 78.3 Å². The fraction of sp³-hybridized carbons (Fsp3) is 0.0870. The van der Waals surface area contributed by atoms with Crippen LogP contribution in [0.4, 0.5) is 5.69 Å². The number of benzene rings is 2. The smallest absolute Gasteiger partial charge is 0.265 e. The van der Waals surface area contributed by atoms with Crippen molar-refractivity contribution in [2.24, 2.45) is 0 Å². The maximum atomic E-state index is 12.5. The van der Waals surface area contributed by atoms with E-state index in [0.717, 1.165) is 11.4 Å². The van der Waals surface area contributed by atoms with Crippen molar-refractivity contribution >= 4 is 40.4 Å². The lowest BCUT2D eigenvalue weighted by Gasteiger charge is -2.09. The molecule has 2 N–H and O–H groups in total. The van der Waals surface area contributed by atoms with Crippen molar-refractivity contribution in [2.75, 3.05) is 11.9 Å². The molecular weight excluding hydrogens is 432 g/mol. The molecule has 0 bridgehead atoms. The Hall–Kier alpha value is -3.42. The van der Waals surface area contributed by atoms with E-state index in [4.69, 9.17) is 11.6 Å². The Morgan fingerprint density at radius 1 is 1.00 bits per heavy atom. The molecule has 31 heavy (non-hydrogen) atoms. The first-order valence-electron chi connectivity index (χ1n) is 9.63. The average Bonchev–Trinajstić information content (AvgIpc) is 3.48. The number of nitrogens with one attached hydrogen (secondary N) is 2. The summed E-state index contributed by atoms with van der Waals surface area (Å²) < 4.78 is 1.80. The Morgan fingerprint density at radius 3 is 2.61 bits per heavy atom. The van der Waals surface area contributed by atoms with Crippen molar-refractivity contribution in [2.45, 2.75) is 6.42 Å². The maximum absolute atomic E-state index is 12.5. The number of hydrogen-bond donors (Lipinski definition) is 2. The second kappa shape index (κ2) is 9.59. The Bertz CT molecular complexity index is 1190. The van der Waals surface area contributed by atoms with Gasteiger partial charge in [-0.3, -0.25) is 9.59 Å². The van der Waals surface area contributed by atoms with E-state index >= 15 is 0 Å². The van der Waals surface area contributed by atoms with Gasteiger partial charge in [0.25, 0.3) is 11.8 Å². The zero-order valence-corrected chi connectivity index (χ0v) is 18.0. The summed E-state index contributed by atoms with van der Waals surface area (Å²) in [7, 11) is 0. The maximum Gasteiger partial charge on any atom is 0.265 e. The Morgan fingerprint density at radius 2 is 1.84 bits per heavy atom. The molecule has 6 nitrogen and oxygen atoms in total. The molecule has 4 rings (SSSR count). The standard InChI is InChI=1S/C23H19ClN4O2S/c24-19-9-8-16(15-20(19)26-23(30)21-7-4-14-31-21)22(29)25-12-10-17-11-13-28(27-17)18-5-2-1-3-6-18/h1-9,11,13-15H,10,12H2,(H,25,29)(H,26,30). The predicted molar refractivity (Wildman–Crippen MR) is 123 cm³/mol. The topological polar surface area (TPSA) is 76.0 Å². The van der Waals surface area contributed by atoms with E-state index in [1.807, 2.05) is 48.0 Å². The van der Waals surface area contributed by atoms with Crippen molar-refractivity contribution in [1.29, 1.82) is 0 Å². The van der Waals surface area contributed by atoms with E-state index < -0.39 is 0 Å². The number of para-hydroxylation sites is 1. The third kappa shape index (κ3) is 5.20. The average molecular weight is 451 g/mol. The molecule has 8 heteroatoms. The number of hydrogen-bond acceptors (Lipinski definition) is 4. The third-order valence-corrected chi connectivity index (χ3v) is 5.75. The van der Waals surface area contributed by atoms with Crippen LogP contribution < -0.4 is 10.6 Å². The van der Waals surface area contributed by atoms with Crippen LogP contribution in [0.5, 0.6) is 0 Å². The number of rotatable bonds is 7. The number of nitrogens with zero attached hydrogens (tertiary/aromatic N) is 2. The summed E-state index contributed by atoms with van der Waals surface area (Å²) in [5.74, 6) is -0.505. The molecule has 0 saturated carbocycles. The van der Waals surface area contributed by atoms with Gasteiger partial charge in [0.1, 0.15) is 0 Å². The number of anilines is 1. The quantitative estimate of drug-likeness (QED) is 0.424. The van der Waals surface area contributed by atoms with Gasteiger partial charge in [-0.25, -0.2) is 4.68 Å². The predicted octanol–water partition coefficient (Wildman–Crippen LogP) is 4.81. The molecule has 156 valence electrons. The van der Waals surface area contributed by atoms with Gasteiger partial charge in [-0.15, -0.1) is 11.3 Å². The molecule has 0 fully saturated rings. The van der Waals surface area contributed by atoms with Gasteiger partial charge >= 0.3 is 0 Å². The molecule has 0 saturated heterocycles. The van der Waals surface area contributed by atoms with Crippen molar-refractivity contribution in [3.05, 3.63) is 99.5 Å². The summed E-state index contributed by atoms with van der Waals surface area (Å²) in [6.45, 7) is 0.435. The zero-order chi connectivity index (χ0) is 21.6. The van der Waals surface area contributed by atoms with E-state index in [2.05, 4.69) is 15.7 Å². The van der Waals surface area contributed by atoms with Gasteiger partial charge in [0.2, 0.25) is 0 Å². The van der Waals surface area contributed by atoms with Gasteiger partial charge in [0, 0.05) is 24.7 Å². The minimum atomic E-state index is -0.261. The number of aromatic nitrogens is 2. The van der Waals surface area contributed by atoms with Crippen molar-refractivity contribution in [3.8, 4) is 5.69 Å². The van der Waals surface area contributed by atoms with Crippen LogP contribution >= 0.6 is 22.9 Å². The number of amides is 2. The van der Waals surface area contributed by atoms with Gasteiger partial charge < -0.3 is 10.6 Å². The van der Waals surface area contributed by atoms with Crippen LogP contribution in [0.1, 0.15) is 25.7 Å². The summed E-state index contributed by atoms with van der Waals surface area (Å²) in [5.41, 5.74) is 2.68. The fourth-order valence-corrected chi connectivity index (χ4v) is 3.76. The molecule has 0 aliphatic heterocycles. The molecule has 2 heterocycles. The molecule has 0 unspecified atom stereocenters. The summed E-state index contributed by atoms with van der Waals surface area (Å²) in [5, 5.41) is 12.4. The van der Waals surface area contributed by atoms with E-state index in [-0.39, 0.29) is 11.8 Å². The van der Waals surface area contributed by atoms with Crippen molar-refractivity contribution < 1.29 is 9.59 Å². The zero-order valence-electron chi connectivity index (χ0n) is 16.4. The molecule has 2 aromatic carbocycles. The van der Waals surface area contributed by atoms with Gasteiger partial charge in [0.05, 0.1) is 27.0 Å². The first-order chi connectivity index (χ1) is 15.1. The lowest BCUT2D eigenvalue weighted by atomic mass is 10.1. The minimum Gasteiger partial charge on any atom is -0.352 e. The molecular formula is C23H19ClN4O2S. The first-order valence-corrected chi connectivity index (χ1v) is 10.9. The van der Waals surface area contributed by atoms with Crippen LogP contribution in [-0.4, -0.2) is 28.1 Å². The molecule has 0 atom stereocenters. The van der Waals surface area contributed by atoms with Gasteiger partial charge in [-0.05, 0) is 47.8 Å². The largest absolute Gasteiger partial charge is 0.352 e. The van der Waals surface area contributed by atoms with E-state index in [1.165, 1.54) is 11.3 Å². The van der Waals surface area contributed by atoms with Crippen molar-refractivity contribution in [3.63, 3.8) is 0 Å². The molecule has 2 aromatic heterocycles. The summed E-state index contributed by atoms with van der Waals surface area (Å²) >= 11 is 7.52. The lowest BCUT2D eigenvalue weighted by Crippen LogP contribution is -2.26. The van der Waals surface area contributed by atoms with Crippen LogP contribution in [0, 0.1) is 0 Å². The number of halogens is 1. The second-order valence-corrected chi connectivity index (χ2v) is 8.07. The molecule has 4 aromatic rings. The van der Waals surface area contributed by atoms with E-state index in [0.29, 0.717) is 34.1 Å². The van der Waals surface area contributed by atoms with Gasteiger partial charge in [-0.1, -0.05) is 35.9 Å². The third-order valence-electron chi connectivity index (χ3n) is 4.55. The van der Waals surface area contributed by atoms with Crippen LogP contribution in [0.2, 0.25) is 5.02 Å². The number of carbonyl (C=O) groups excluding carboxylic acids is 2. The highest BCUT2D eigenvalue weighted by Gasteiger charge is 2.13.